The molecule has 11 N–H and O–H groups in total. The second kappa shape index (κ2) is 14.1. The van der Waals surface area contributed by atoms with Crippen molar-refractivity contribution in [3.05, 3.63) is 0 Å². The van der Waals surface area contributed by atoms with E-state index in [0.29, 0.717) is 25.3 Å². The highest BCUT2D eigenvalue weighted by Crippen LogP contribution is 2.51. The van der Waals surface area contributed by atoms with Crippen molar-refractivity contribution in [1.82, 2.24) is 0 Å². The highest BCUT2D eigenvalue weighted by Gasteiger charge is 2.61. The quantitative estimate of drug-likeness (QED) is 0.124. The number of aliphatic hydroxyl groups excluding tert-OH is 5. The molecule has 5 aliphatic rings. The van der Waals surface area contributed by atoms with E-state index in [1.165, 1.54) is 7.11 Å². The lowest BCUT2D eigenvalue weighted by Gasteiger charge is -2.52. The number of piperidine rings is 1. The van der Waals surface area contributed by atoms with Gasteiger partial charge in [-0.15, -0.1) is 0 Å². The minimum atomic E-state index is -1.63. The standard InChI is InChI=1S/C30H51N3O10/c1-32-11-18-14(5-3-13-4-6-21(31)33-10-13)7-16-23(25(18)36)27(38)22-17(24(16)35)8-15(41-2)9-19(22)42-30-29(40)28(39)26(37)20(12-34)43-30/h13-23,25-26,28-30,32-34,36-37,39-40H,3-12,31H2,1-2H3/p+2/t13?,14?,15?,16?,17?,18?,19?,20-,21?,22?,23?,25?,26-,28+,29-,30+/m1/s1. The van der Waals surface area contributed by atoms with Gasteiger partial charge in [0, 0.05) is 43.6 Å². The smallest absolute Gasteiger partial charge is 0.186 e. The van der Waals surface area contributed by atoms with Gasteiger partial charge in [0.05, 0.1) is 56.9 Å². The van der Waals surface area contributed by atoms with Crippen LogP contribution in [-0.4, -0.2) is 126 Å². The molecular formula is C30H53N3O10+2. The lowest BCUT2D eigenvalue weighted by molar-refractivity contribution is -0.702. The van der Waals surface area contributed by atoms with Crippen LogP contribution in [0.15, 0.2) is 0 Å². The minimum absolute atomic E-state index is 0.0429. The summed E-state index contributed by atoms with van der Waals surface area (Å²) in [4.78, 5) is 28.5. The molecule has 0 aromatic rings. The van der Waals surface area contributed by atoms with E-state index in [4.69, 9.17) is 19.9 Å². The van der Waals surface area contributed by atoms with E-state index in [1.807, 2.05) is 12.4 Å². The number of quaternary nitrogens is 2. The van der Waals surface area contributed by atoms with E-state index in [1.54, 1.807) is 0 Å². The third kappa shape index (κ3) is 6.59. The molecular weight excluding hydrogens is 562 g/mol. The predicted octanol–water partition coefficient (Wildman–Crippen LogP) is -4.17. The van der Waals surface area contributed by atoms with Gasteiger partial charge in [0.2, 0.25) is 0 Å². The van der Waals surface area contributed by atoms with Gasteiger partial charge in [0.1, 0.15) is 42.1 Å². The average Bonchev–Trinajstić information content (AvgIpc) is 3.00. The molecule has 3 saturated carbocycles. The fraction of sp³-hybridized carbons (Fsp3) is 0.933. The number of carbonyl (C=O) groups is 2. The summed E-state index contributed by atoms with van der Waals surface area (Å²) in [6, 6.07) is 0. The second-order valence-electron chi connectivity index (χ2n) is 13.7. The summed E-state index contributed by atoms with van der Waals surface area (Å²) >= 11 is 0. The van der Waals surface area contributed by atoms with Gasteiger partial charge in [0.15, 0.2) is 6.29 Å². The van der Waals surface area contributed by atoms with Crippen LogP contribution in [0.2, 0.25) is 0 Å². The number of fused-ring (bicyclic) bond motifs is 2. The highest BCUT2D eigenvalue weighted by molar-refractivity contribution is 6.00. The van der Waals surface area contributed by atoms with Crippen LogP contribution in [-0.2, 0) is 23.8 Å². The molecule has 13 heteroatoms. The van der Waals surface area contributed by atoms with Gasteiger partial charge in [0.25, 0.3) is 0 Å². The number of nitrogens with two attached hydrogens (primary N) is 3. The number of rotatable bonds is 9. The molecule has 43 heavy (non-hydrogen) atoms. The van der Waals surface area contributed by atoms with Crippen LogP contribution in [0.5, 0.6) is 0 Å². The second-order valence-corrected chi connectivity index (χ2v) is 13.7. The number of aliphatic hydroxyl groups is 5. The maximum absolute atomic E-state index is 14.3. The number of methoxy groups -OCH3 is 1. The average molecular weight is 616 g/mol. The van der Waals surface area contributed by atoms with E-state index in [-0.39, 0.29) is 42.1 Å². The summed E-state index contributed by atoms with van der Waals surface area (Å²) in [6.07, 6.45) is -4.35. The number of ketones is 2. The number of ether oxygens (including phenoxy) is 3. The third-order valence-electron chi connectivity index (χ3n) is 11.3. The van der Waals surface area contributed by atoms with Crippen LogP contribution in [0.1, 0.15) is 44.9 Å². The first kappa shape index (κ1) is 33.3. The first-order chi connectivity index (χ1) is 20.6. The summed E-state index contributed by atoms with van der Waals surface area (Å²) in [6.45, 7) is 1.03. The molecule has 2 saturated heterocycles. The van der Waals surface area contributed by atoms with E-state index < -0.39 is 73.2 Å². The monoisotopic (exact) mass is 615 g/mol. The molecule has 2 aliphatic heterocycles. The number of Topliss-reactive ketones (excluding diaryl/α,β-unsaturated/α-hetero) is 2. The first-order valence-electron chi connectivity index (χ1n) is 16.2. The van der Waals surface area contributed by atoms with Crippen LogP contribution in [0.4, 0.5) is 0 Å². The normalized spacial score (nSPS) is 48.9. The van der Waals surface area contributed by atoms with Gasteiger partial charge < -0.3 is 50.4 Å². The first-order valence-corrected chi connectivity index (χ1v) is 16.2. The molecule has 5 fully saturated rings. The van der Waals surface area contributed by atoms with Crippen molar-refractivity contribution in [2.24, 2.45) is 47.2 Å². The molecule has 0 aromatic heterocycles. The molecule has 0 amide bonds. The zero-order chi connectivity index (χ0) is 31.0. The third-order valence-corrected chi connectivity index (χ3v) is 11.3. The molecule has 3 aliphatic carbocycles. The Morgan fingerprint density at radius 3 is 2.35 bits per heavy atom. The van der Waals surface area contributed by atoms with Crippen LogP contribution in [0.25, 0.3) is 0 Å². The highest BCUT2D eigenvalue weighted by atomic mass is 16.7. The zero-order valence-corrected chi connectivity index (χ0v) is 25.3. The molecule has 0 radical (unpaired) electrons. The summed E-state index contributed by atoms with van der Waals surface area (Å²) < 4.78 is 17.4. The predicted molar refractivity (Wildman–Crippen MR) is 150 cm³/mol. The Morgan fingerprint density at radius 2 is 1.70 bits per heavy atom. The molecule has 0 spiro atoms. The summed E-state index contributed by atoms with van der Waals surface area (Å²) in [5, 5.41) is 56.7. The Kier molecular flexibility index (Phi) is 10.9. The van der Waals surface area contributed by atoms with Crippen molar-refractivity contribution in [1.29, 1.82) is 0 Å². The van der Waals surface area contributed by atoms with Crippen molar-refractivity contribution in [3.63, 3.8) is 0 Å². The van der Waals surface area contributed by atoms with Gasteiger partial charge in [-0.1, -0.05) is 0 Å². The Labute approximate surface area is 252 Å². The lowest BCUT2D eigenvalue weighted by Crippen LogP contribution is -2.95. The van der Waals surface area contributed by atoms with Crippen molar-refractivity contribution >= 4 is 11.6 Å². The Morgan fingerprint density at radius 1 is 0.953 bits per heavy atom. The zero-order valence-electron chi connectivity index (χ0n) is 25.3. The van der Waals surface area contributed by atoms with E-state index in [2.05, 4.69) is 5.32 Å². The summed E-state index contributed by atoms with van der Waals surface area (Å²) in [7, 11) is 3.49. The van der Waals surface area contributed by atoms with Crippen molar-refractivity contribution < 1.29 is 60.0 Å². The Balaban J connectivity index is 1.36. The van der Waals surface area contributed by atoms with Crippen molar-refractivity contribution in [3.8, 4) is 0 Å². The van der Waals surface area contributed by atoms with Gasteiger partial charge >= 0.3 is 0 Å². The van der Waals surface area contributed by atoms with Gasteiger partial charge in [-0.25, -0.2) is 0 Å². The molecule has 5 rings (SSSR count). The van der Waals surface area contributed by atoms with Gasteiger partial charge in [-0.05, 0) is 38.0 Å². The topological polar surface area (TPSA) is 222 Å². The molecule has 0 aromatic carbocycles. The van der Waals surface area contributed by atoms with Crippen LogP contribution in [0.3, 0.4) is 0 Å². The van der Waals surface area contributed by atoms with Crippen molar-refractivity contribution in [2.75, 3.05) is 33.9 Å². The maximum atomic E-state index is 14.3. The Hall–Kier alpha value is -1.10. The van der Waals surface area contributed by atoms with E-state index >= 15 is 0 Å². The maximum Gasteiger partial charge on any atom is 0.186 e. The van der Waals surface area contributed by atoms with Crippen LogP contribution >= 0.6 is 0 Å². The molecule has 2 heterocycles. The summed E-state index contributed by atoms with van der Waals surface area (Å²) in [5.74, 6) is -2.65. The molecule has 13 nitrogen and oxygen atoms in total. The number of hydrogen-bond acceptors (Lipinski definition) is 11. The van der Waals surface area contributed by atoms with Gasteiger partial charge in [-0.2, -0.15) is 0 Å². The van der Waals surface area contributed by atoms with Crippen LogP contribution in [0, 0.1) is 41.4 Å². The molecule has 246 valence electrons. The number of hydrogen-bond donors (Lipinski definition) is 8. The fourth-order valence-corrected chi connectivity index (χ4v) is 8.82. The molecule has 11 unspecified atom stereocenters. The van der Waals surface area contributed by atoms with Crippen molar-refractivity contribution in [2.45, 2.75) is 100 Å². The van der Waals surface area contributed by atoms with Crippen LogP contribution < -0.4 is 16.4 Å². The molecule has 16 atom stereocenters. The van der Waals surface area contributed by atoms with E-state index in [9.17, 15) is 35.1 Å². The molecule has 0 bridgehead atoms. The van der Waals surface area contributed by atoms with Gasteiger partial charge in [-0.3, -0.25) is 15.3 Å². The summed E-state index contributed by atoms with van der Waals surface area (Å²) in [5.41, 5.74) is 6.05. The minimum Gasteiger partial charge on any atom is -0.394 e. The lowest BCUT2D eigenvalue weighted by atomic mass is 9.53. The number of carbonyl (C=O) groups excluding carboxylic acids is 2. The fourth-order valence-electron chi connectivity index (χ4n) is 8.82. The largest absolute Gasteiger partial charge is 0.394 e. The Bertz CT molecular complexity index is 964. The SMILES string of the molecule is C[NH2+]CC1C(CCC2CCC(N)[NH2+]C2)CC2C(=O)C3CC(OC)CC(O[C@H]4O[C@H](CO)[C@@H](O)[C@H](O)[C@H]4O)C3C(=O)C2C1O. The van der Waals surface area contributed by atoms with E-state index in [0.717, 1.165) is 32.2 Å².